The summed E-state index contributed by atoms with van der Waals surface area (Å²) in [7, 11) is 1.84. The van der Waals surface area contributed by atoms with E-state index in [9.17, 15) is 9.59 Å². The normalized spacial score (nSPS) is 17.5. The van der Waals surface area contributed by atoms with Crippen LogP contribution in [0.2, 0.25) is 0 Å². The Bertz CT molecular complexity index is 815. The first kappa shape index (κ1) is 18.3. The third-order valence-corrected chi connectivity index (χ3v) is 4.90. The lowest BCUT2D eigenvalue weighted by Gasteiger charge is -2.36. The number of aryl methyl sites for hydroxylation is 2. The minimum atomic E-state index is -0.0699. The molecule has 8 heteroatoms. The molecule has 1 aliphatic rings. The second-order valence-corrected chi connectivity index (χ2v) is 6.80. The average molecular weight is 358 g/mol. The van der Waals surface area contributed by atoms with Gasteiger partial charge in [0.05, 0.1) is 11.3 Å². The predicted octanol–water partition coefficient (Wildman–Crippen LogP) is 0.736. The molecule has 0 saturated carbocycles. The zero-order valence-corrected chi connectivity index (χ0v) is 15.4. The van der Waals surface area contributed by atoms with Gasteiger partial charge in [-0.25, -0.2) is 4.98 Å². The van der Waals surface area contributed by atoms with E-state index in [1.807, 2.05) is 24.9 Å². The van der Waals surface area contributed by atoms with Crippen LogP contribution in [0.15, 0.2) is 12.3 Å². The molecule has 1 saturated heterocycles. The quantitative estimate of drug-likeness (QED) is 0.820. The van der Waals surface area contributed by atoms with Crippen LogP contribution in [0.3, 0.4) is 0 Å². The summed E-state index contributed by atoms with van der Waals surface area (Å²) in [5.41, 5.74) is 7.60. The van der Waals surface area contributed by atoms with Crippen molar-refractivity contribution in [1.29, 1.82) is 0 Å². The molecule has 140 valence electrons. The van der Waals surface area contributed by atoms with Crippen LogP contribution in [-0.2, 0) is 11.8 Å². The zero-order chi connectivity index (χ0) is 18.7. The monoisotopic (exact) mass is 358 g/mol. The van der Waals surface area contributed by atoms with Crippen molar-refractivity contribution in [2.24, 2.45) is 12.8 Å². The molecule has 0 radical (unpaired) electrons. The van der Waals surface area contributed by atoms with Crippen LogP contribution >= 0.6 is 0 Å². The van der Waals surface area contributed by atoms with E-state index in [-0.39, 0.29) is 17.9 Å². The minimum absolute atomic E-state index is 0.00340. The van der Waals surface area contributed by atoms with E-state index in [0.29, 0.717) is 31.6 Å². The molecule has 2 aromatic rings. The molecule has 0 bridgehead atoms. The standard InChI is InChI=1S/C18H26N6O2/c1-12-15-9-13(10-21-17(15)23(2)22-12)18(26)24-8-4-3-5-14(24)11-20-16(25)6-7-19/h9-10,14H,3-8,11,19H2,1-2H3,(H,20,25). The van der Waals surface area contributed by atoms with Crippen LogP contribution in [-0.4, -0.2) is 57.2 Å². The van der Waals surface area contributed by atoms with Crippen molar-refractivity contribution >= 4 is 22.8 Å². The fourth-order valence-electron chi connectivity index (χ4n) is 3.52. The second kappa shape index (κ2) is 7.82. The molecule has 1 fully saturated rings. The van der Waals surface area contributed by atoms with Gasteiger partial charge in [-0.2, -0.15) is 5.10 Å². The van der Waals surface area contributed by atoms with Crippen molar-refractivity contribution in [3.05, 3.63) is 23.5 Å². The van der Waals surface area contributed by atoms with Crippen molar-refractivity contribution in [1.82, 2.24) is 25.0 Å². The van der Waals surface area contributed by atoms with E-state index in [0.717, 1.165) is 36.0 Å². The highest BCUT2D eigenvalue weighted by atomic mass is 16.2. The van der Waals surface area contributed by atoms with Crippen molar-refractivity contribution in [2.75, 3.05) is 19.6 Å². The smallest absolute Gasteiger partial charge is 0.255 e. The van der Waals surface area contributed by atoms with Crippen LogP contribution < -0.4 is 11.1 Å². The second-order valence-electron chi connectivity index (χ2n) is 6.80. The Balaban J connectivity index is 1.77. The van der Waals surface area contributed by atoms with Gasteiger partial charge in [0.2, 0.25) is 5.91 Å². The van der Waals surface area contributed by atoms with Crippen LogP contribution in [0.5, 0.6) is 0 Å². The van der Waals surface area contributed by atoms with Gasteiger partial charge in [-0.15, -0.1) is 0 Å². The summed E-state index contributed by atoms with van der Waals surface area (Å²) in [6, 6.07) is 1.87. The number of nitrogens with two attached hydrogens (primary N) is 1. The zero-order valence-electron chi connectivity index (χ0n) is 15.4. The molecule has 1 aliphatic heterocycles. The Kier molecular flexibility index (Phi) is 5.51. The number of rotatable bonds is 5. The third kappa shape index (κ3) is 3.70. The molecule has 3 N–H and O–H groups in total. The molecule has 0 aromatic carbocycles. The Morgan fingerprint density at radius 2 is 2.19 bits per heavy atom. The van der Waals surface area contributed by atoms with E-state index in [4.69, 9.17) is 5.73 Å². The Hall–Kier alpha value is -2.48. The lowest BCUT2D eigenvalue weighted by molar-refractivity contribution is -0.121. The topological polar surface area (TPSA) is 106 Å². The molecule has 1 atom stereocenters. The van der Waals surface area contributed by atoms with Crippen LogP contribution in [0.1, 0.15) is 41.7 Å². The maximum atomic E-state index is 13.1. The fourth-order valence-corrected chi connectivity index (χ4v) is 3.52. The number of carbonyl (C=O) groups excluding carboxylic acids is 2. The van der Waals surface area contributed by atoms with Gasteiger partial charge >= 0.3 is 0 Å². The summed E-state index contributed by atoms with van der Waals surface area (Å²) in [6.45, 7) is 3.40. The largest absolute Gasteiger partial charge is 0.354 e. The molecule has 0 spiro atoms. The van der Waals surface area contributed by atoms with E-state index in [2.05, 4.69) is 15.4 Å². The van der Waals surface area contributed by atoms with Gasteiger partial charge in [-0.3, -0.25) is 14.3 Å². The number of hydrogen-bond donors (Lipinski definition) is 2. The van der Waals surface area contributed by atoms with Gasteiger partial charge in [-0.05, 0) is 32.3 Å². The van der Waals surface area contributed by atoms with Crippen molar-refractivity contribution in [3.63, 3.8) is 0 Å². The third-order valence-electron chi connectivity index (χ3n) is 4.90. The van der Waals surface area contributed by atoms with Crippen molar-refractivity contribution in [3.8, 4) is 0 Å². The summed E-state index contributed by atoms with van der Waals surface area (Å²) in [5.74, 6) is -0.111. The summed E-state index contributed by atoms with van der Waals surface area (Å²) in [4.78, 5) is 31.0. The summed E-state index contributed by atoms with van der Waals surface area (Å²) >= 11 is 0. The van der Waals surface area contributed by atoms with Crippen molar-refractivity contribution < 1.29 is 9.59 Å². The van der Waals surface area contributed by atoms with E-state index < -0.39 is 0 Å². The highest BCUT2D eigenvalue weighted by Gasteiger charge is 2.28. The molecular formula is C18H26N6O2. The number of pyridine rings is 1. The minimum Gasteiger partial charge on any atom is -0.354 e. The van der Waals surface area contributed by atoms with Gasteiger partial charge in [0.25, 0.3) is 5.91 Å². The van der Waals surface area contributed by atoms with Gasteiger partial charge < -0.3 is 16.0 Å². The first-order valence-corrected chi connectivity index (χ1v) is 9.08. The molecule has 3 heterocycles. The number of carbonyl (C=O) groups is 2. The molecule has 1 unspecified atom stereocenters. The summed E-state index contributed by atoms with van der Waals surface area (Å²) < 4.78 is 1.72. The highest BCUT2D eigenvalue weighted by molar-refractivity contribution is 5.97. The maximum absolute atomic E-state index is 13.1. The molecule has 3 rings (SSSR count). The lowest BCUT2D eigenvalue weighted by Crippen LogP contribution is -2.49. The van der Waals surface area contributed by atoms with E-state index in [1.165, 1.54) is 0 Å². The number of amides is 2. The summed E-state index contributed by atoms with van der Waals surface area (Å²) in [5, 5.41) is 8.14. The molecule has 26 heavy (non-hydrogen) atoms. The number of nitrogens with zero attached hydrogens (tertiary/aromatic N) is 4. The van der Waals surface area contributed by atoms with Crippen LogP contribution in [0, 0.1) is 6.92 Å². The molecule has 0 aliphatic carbocycles. The predicted molar refractivity (Wildman–Crippen MR) is 98.6 cm³/mol. The van der Waals surface area contributed by atoms with Gasteiger partial charge in [0.1, 0.15) is 0 Å². The highest BCUT2D eigenvalue weighted by Crippen LogP contribution is 2.22. The number of piperidine rings is 1. The number of nitrogens with one attached hydrogen (secondary N) is 1. The number of likely N-dealkylation sites (tertiary alicyclic amines) is 1. The first-order chi connectivity index (χ1) is 12.5. The molecule has 2 amide bonds. The summed E-state index contributed by atoms with van der Waals surface area (Å²) in [6.07, 6.45) is 4.84. The van der Waals surface area contributed by atoms with Crippen molar-refractivity contribution in [2.45, 2.75) is 38.6 Å². The SMILES string of the molecule is Cc1nn(C)c2ncc(C(=O)N3CCCCC3CNC(=O)CCN)cc12. The van der Waals surface area contributed by atoms with Gasteiger partial charge in [-0.1, -0.05) is 0 Å². The average Bonchev–Trinajstić information content (AvgIpc) is 2.93. The molecule has 8 nitrogen and oxygen atoms in total. The number of hydrogen-bond acceptors (Lipinski definition) is 5. The number of fused-ring (bicyclic) bond motifs is 1. The number of aromatic nitrogens is 3. The van der Waals surface area contributed by atoms with Gasteiger partial charge in [0.15, 0.2) is 5.65 Å². The Morgan fingerprint density at radius 1 is 1.38 bits per heavy atom. The maximum Gasteiger partial charge on any atom is 0.255 e. The lowest BCUT2D eigenvalue weighted by atomic mass is 10.0. The van der Waals surface area contributed by atoms with E-state index >= 15 is 0 Å². The molecule has 2 aromatic heterocycles. The first-order valence-electron chi connectivity index (χ1n) is 9.08. The van der Waals surface area contributed by atoms with E-state index in [1.54, 1.807) is 10.9 Å². The Labute approximate surface area is 152 Å². The molecular weight excluding hydrogens is 332 g/mol. The van der Waals surface area contributed by atoms with Crippen LogP contribution in [0.25, 0.3) is 11.0 Å². The van der Waals surface area contributed by atoms with Gasteiger partial charge in [0, 0.05) is 50.7 Å². The fraction of sp³-hybridized carbons (Fsp3) is 0.556. The Morgan fingerprint density at radius 3 is 2.96 bits per heavy atom. The van der Waals surface area contributed by atoms with Crippen LogP contribution in [0.4, 0.5) is 0 Å².